The summed E-state index contributed by atoms with van der Waals surface area (Å²) >= 11 is 1.78. The molecule has 0 radical (unpaired) electrons. The number of benzene rings is 2. The predicted molar refractivity (Wildman–Crippen MR) is 102 cm³/mol. The Bertz CT molecular complexity index is 959. The van der Waals surface area contributed by atoms with Crippen LogP contribution in [0.25, 0.3) is 20.5 Å². The summed E-state index contributed by atoms with van der Waals surface area (Å²) in [4.78, 5) is 5.60. The van der Waals surface area contributed by atoms with Crippen molar-refractivity contribution in [1.82, 2.24) is 4.98 Å². The highest BCUT2D eigenvalue weighted by Crippen LogP contribution is 2.33. The van der Waals surface area contributed by atoms with Gasteiger partial charge in [0.05, 0.1) is 7.11 Å². The first-order valence-electron chi connectivity index (χ1n) is 8.01. The molecule has 0 unspecified atom stereocenters. The van der Waals surface area contributed by atoms with Crippen LogP contribution in [0.15, 0.2) is 73.1 Å². The molecule has 0 spiro atoms. The summed E-state index contributed by atoms with van der Waals surface area (Å²) in [7, 11) is 1.65. The highest BCUT2D eigenvalue weighted by atomic mass is 32.1. The van der Waals surface area contributed by atoms with Gasteiger partial charge in [-0.15, -0.1) is 11.3 Å². The lowest BCUT2D eigenvalue weighted by Gasteiger charge is -2.08. The molecule has 4 heteroatoms. The number of methoxy groups -OCH3 is 1. The van der Waals surface area contributed by atoms with Crippen molar-refractivity contribution in [3.8, 4) is 21.9 Å². The summed E-state index contributed by atoms with van der Waals surface area (Å²) in [6.45, 7) is 0.484. The summed E-state index contributed by atoms with van der Waals surface area (Å²) in [6, 6.07) is 20.4. The molecule has 0 fully saturated rings. The Morgan fingerprint density at radius 1 is 0.920 bits per heavy atom. The topological polar surface area (TPSA) is 31.4 Å². The maximum Gasteiger partial charge on any atom is 0.120 e. The molecular formula is C21H17NO2S. The van der Waals surface area contributed by atoms with Crippen LogP contribution < -0.4 is 9.47 Å². The van der Waals surface area contributed by atoms with Crippen molar-refractivity contribution in [2.24, 2.45) is 0 Å². The number of thiophene rings is 1. The minimum absolute atomic E-state index is 0.484. The first-order chi connectivity index (χ1) is 12.3. The standard InChI is InChI=1S/C21H17NO2S/c1-23-18-6-8-19(9-7-18)24-14-15-10-17(13-22-12-15)21-11-16-4-2-3-5-20(16)25-21/h2-13H,14H2,1H3. The number of hydrogen-bond donors (Lipinski definition) is 0. The van der Waals surface area contributed by atoms with Crippen molar-refractivity contribution < 1.29 is 9.47 Å². The minimum atomic E-state index is 0.484. The Balaban J connectivity index is 1.52. The lowest BCUT2D eigenvalue weighted by atomic mass is 10.1. The second kappa shape index (κ2) is 6.95. The van der Waals surface area contributed by atoms with Gasteiger partial charge < -0.3 is 9.47 Å². The molecule has 0 N–H and O–H groups in total. The quantitative estimate of drug-likeness (QED) is 0.474. The van der Waals surface area contributed by atoms with Gasteiger partial charge in [0, 0.05) is 33.1 Å². The van der Waals surface area contributed by atoms with Crippen LogP contribution in [0.3, 0.4) is 0 Å². The van der Waals surface area contributed by atoms with Gasteiger partial charge in [0.15, 0.2) is 0 Å². The van der Waals surface area contributed by atoms with Gasteiger partial charge in [-0.1, -0.05) is 18.2 Å². The molecule has 0 saturated carbocycles. The van der Waals surface area contributed by atoms with Crippen LogP contribution in [0.4, 0.5) is 0 Å². The number of ether oxygens (including phenoxy) is 2. The van der Waals surface area contributed by atoms with E-state index in [0.717, 1.165) is 22.6 Å². The summed E-state index contributed by atoms with van der Waals surface area (Å²) in [5, 5.41) is 1.27. The maximum atomic E-state index is 5.85. The smallest absolute Gasteiger partial charge is 0.120 e. The molecule has 124 valence electrons. The van der Waals surface area contributed by atoms with E-state index in [1.165, 1.54) is 15.0 Å². The fourth-order valence-electron chi connectivity index (χ4n) is 2.66. The second-order valence-electron chi connectivity index (χ2n) is 5.69. The van der Waals surface area contributed by atoms with Crippen LogP contribution in [-0.4, -0.2) is 12.1 Å². The zero-order valence-electron chi connectivity index (χ0n) is 13.8. The van der Waals surface area contributed by atoms with Crippen LogP contribution in [-0.2, 0) is 6.61 Å². The van der Waals surface area contributed by atoms with Gasteiger partial charge in [-0.25, -0.2) is 0 Å². The van der Waals surface area contributed by atoms with Gasteiger partial charge >= 0.3 is 0 Å². The monoisotopic (exact) mass is 347 g/mol. The molecule has 0 aliphatic carbocycles. The third kappa shape index (κ3) is 3.49. The number of rotatable bonds is 5. The molecule has 0 aliphatic rings. The van der Waals surface area contributed by atoms with Crippen molar-refractivity contribution >= 4 is 21.4 Å². The van der Waals surface area contributed by atoms with E-state index < -0.39 is 0 Å². The molecular weight excluding hydrogens is 330 g/mol. The van der Waals surface area contributed by atoms with Crippen molar-refractivity contribution in [2.45, 2.75) is 6.61 Å². The molecule has 4 aromatic rings. The molecule has 25 heavy (non-hydrogen) atoms. The normalized spacial score (nSPS) is 10.8. The first kappa shape index (κ1) is 15.7. The van der Waals surface area contributed by atoms with Gasteiger partial charge in [-0.05, 0) is 47.9 Å². The van der Waals surface area contributed by atoms with E-state index in [-0.39, 0.29) is 0 Å². The summed E-state index contributed by atoms with van der Waals surface area (Å²) in [6.07, 6.45) is 3.75. The van der Waals surface area contributed by atoms with Crippen LogP contribution in [0, 0.1) is 0 Å². The molecule has 0 saturated heterocycles. The third-order valence-corrected chi connectivity index (χ3v) is 5.14. The number of fused-ring (bicyclic) bond motifs is 1. The highest BCUT2D eigenvalue weighted by Gasteiger charge is 2.06. The molecule has 2 aromatic heterocycles. The van der Waals surface area contributed by atoms with Crippen LogP contribution >= 0.6 is 11.3 Å². The van der Waals surface area contributed by atoms with Crippen molar-refractivity contribution in [1.29, 1.82) is 0 Å². The molecule has 0 aliphatic heterocycles. The molecule has 3 nitrogen and oxygen atoms in total. The summed E-state index contributed by atoms with van der Waals surface area (Å²) < 4.78 is 12.3. The largest absolute Gasteiger partial charge is 0.497 e. The van der Waals surface area contributed by atoms with E-state index in [1.807, 2.05) is 36.7 Å². The SMILES string of the molecule is COc1ccc(OCc2cncc(-c3cc4ccccc4s3)c2)cc1. The Hall–Kier alpha value is -2.85. The van der Waals surface area contributed by atoms with Crippen LogP contribution in [0.2, 0.25) is 0 Å². The maximum absolute atomic E-state index is 5.85. The lowest BCUT2D eigenvalue weighted by Crippen LogP contribution is -1.96. The second-order valence-corrected chi connectivity index (χ2v) is 6.78. The lowest BCUT2D eigenvalue weighted by molar-refractivity contribution is 0.305. The van der Waals surface area contributed by atoms with E-state index in [1.54, 1.807) is 18.4 Å². The molecule has 2 aromatic carbocycles. The Morgan fingerprint density at radius 3 is 2.52 bits per heavy atom. The van der Waals surface area contributed by atoms with Crippen LogP contribution in [0.1, 0.15) is 5.56 Å². The Morgan fingerprint density at radius 2 is 1.72 bits per heavy atom. The molecule has 4 rings (SSSR count). The zero-order valence-corrected chi connectivity index (χ0v) is 14.6. The zero-order chi connectivity index (χ0) is 17.1. The number of nitrogens with zero attached hydrogens (tertiary/aromatic N) is 1. The van der Waals surface area contributed by atoms with Crippen molar-refractivity contribution in [3.63, 3.8) is 0 Å². The first-order valence-corrected chi connectivity index (χ1v) is 8.83. The van der Waals surface area contributed by atoms with Gasteiger partial charge in [0.25, 0.3) is 0 Å². The van der Waals surface area contributed by atoms with E-state index >= 15 is 0 Å². The molecule has 0 atom stereocenters. The number of pyridine rings is 1. The fraction of sp³-hybridized carbons (Fsp3) is 0.0952. The summed E-state index contributed by atoms with van der Waals surface area (Å²) in [5.74, 6) is 1.63. The third-order valence-electron chi connectivity index (χ3n) is 3.97. The van der Waals surface area contributed by atoms with Gasteiger partial charge in [0.1, 0.15) is 18.1 Å². The van der Waals surface area contributed by atoms with E-state index in [0.29, 0.717) is 6.61 Å². The van der Waals surface area contributed by atoms with E-state index in [2.05, 4.69) is 41.4 Å². The Kier molecular flexibility index (Phi) is 4.36. The number of hydrogen-bond acceptors (Lipinski definition) is 4. The van der Waals surface area contributed by atoms with Crippen molar-refractivity contribution in [2.75, 3.05) is 7.11 Å². The summed E-state index contributed by atoms with van der Waals surface area (Å²) in [5.41, 5.74) is 2.17. The van der Waals surface area contributed by atoms with Crippen LogP contribution in [0.5, 0.6) is 11.5 Å². The van der Waals surface area contributed by atoms with Gasteiger partial charge in [0.2, 0.25) is 0 Å². The van der Waals surface area contributed by atoms with Gasteiger partial charge in [-0.3, -0.25) is 4.98 Å². The van der Waals surface area contributed by atoms with E-state index in [9.17, 15) is 0 Å². The molecule has 0 amide bonds. The molecule has 0 bridgehead atoms. The average Bonchev–Trinajstić information content (AvgIpc) is 3.11. The van der Waals surface area contributed by atoms with Gasteiger partial charge in [-0.2, -0.15) is 0 Å². The Labute approximate surface area is 150 Å². The van der Waals surface area contributed by atoms with E-state index in [4.69, 9.17) is 9.47 Å². The molecule has 2 heterocycles. The predicted octanol–water partition coefficient (Wildman–Crippen LogP) is 5.55. The highest BCUT2D eigenvalue weighted by molar-refractivity contribution is 7.22. The minimum Gasteiger partial charge on any atom is -0.497 e. The fourth-order valence-corrected chi connectivity index (χ4v) is 3.71. The number of aromatic nitrogens is 1. The van der Waals surface area contributed by atoms with Crippen molar-refractivity contribution in [3.05, 3.63) is 78.6 Å². The average molecular weight is 347 g/mol.